The van der Waals surface area contributed by atoms with Crippen molar-refractivity contribution < 1.29 is 4.79 Å². The van der Waals surface area contributed by atoms with E-state index in [9.17, 15) is 4.79 Å². The van der Waals surface area contributed by atoms with Crippen LogP contribution in [0, 0.1) is 0 Å². The Bertz CT molecular complexity index is 644. The van der Waals surface area contributed by atoms with E-state index < -0.39 is 0 Å². The highest BCUT2D eigenvalue weighted by atomic mass is 16.2. The monoisotopic (exact) mass is 306 g/mol. The van der Waals surface area contributed by atoms with Crippen LogP contribution in [0.1, 0.15) is 11.1 Å². The zero-order valence-electron chi connectivity index (χ0n) is 13.3. The first kappa shape index (κ1) is 15.5. The van der Waals surface area contributed by atoms with Crippen molar-refractivity contribution in [3.05, 3.63) is 77.9 Å². The fourth-order valence-corrected chi connectivity index (χ4v) is 2.81. The lowest BCUT2D eigenvalue weighted by Gasteiger charge is -2.34. The number of benzene rings is 2. The molecule has 3 rings (SSSR count). The summed E-state index contributed by atoms with van der Waals surface area (Å²) in [7, 11) is 0. The molecule has 0 spiro atoms. The van der Waals surface area contributed by atoms with Gasteiger partial charge in [-0.25, -0.2) is 0 Å². The van der Waals surface area contributed by atoms with E-state index in [-0.39, 0.29) is 5.91 Å². The van der Waals surface area contributed by atoms with Crippen LogP contribution in [0.5, 0.6) is 0 Å². The fourth-order valence-electron chi connectivity index (χ4n) is 2.81. The van der Waals surface area contributed by atoms with Crippen LogP contribution >= 0.6 is 0 Å². The summed E-state index contributed by atoms with van der Waals surface area (Å²) in [6, 6.07) is 20.4. The zero-order valence-corrected chi connectivity index (χ0v) is 13.3. The van der Waals surface area contributed by atoms with Gasteiger partial charge in [-0.1, -0.05) is 60.7 Å². The van der Waals surface area contributed by atoms with Crippen LogP contribution < -0.4 is 0 Å². The molecule has 0 aromatic heterocycles. The van der Waals surface area contributed by atoms with Gasteiger partial charge in [0.2, 0.25) is 5.91 Å². The van der Waals surface area contributed by atoms with Crippen molar-refractivity contribution in [3.8, 4) is 0 Å². The van der Waals surface area contributed by atoms with Gasteiger partial charge in [-0.2, -0.15) is 0 Å². The Morgan fingerprint density at radius 1 is 0.870 bits per heavy atom. The van der Waals surface area contributed by atoms with Crippen molar-refractivity contribution in [2.24, 2.45) is 0 Å². The predicted molar refractivity (Wildman–Crippen MR) is 93.8 cm³/mol. The van der Waals surface area contributed by atoms with E-state index >= 15 is 0 Å². The smallest absolute Gasteiger partial charge is 0.246 e. The Morgan fingerprint density at radius 2 is 1.48 bits per heavy atom. The molecule has 0 N–H and O–H groups in total. The van der Waals surface area contributed by atoms with E-state index in [1.807, 2.05) is 47.4 Å². The van der Waals surface area contributed by atoms with Gasteiger partial charge in [-0.15, -0.1) is 0 Å². The molecule has 2 aromatic rings. The average Bonchev–Trinajstić information content (AvgIpc) is 2.62. The minimum atomic E-state index is 0.105. The largest absolute Gasteiger partial charge is 0.337 e. The zero-order chi connectivity index (χ0) is 15.9. The molecule has 0 radical (unpaired) electrons. The standard InChI is InChI=1S/C20H22N2O/c23-20(12-11-18-7-3-1-4-8-18)22-15-13-21(14-16-22)17-19-9-5-2-6-10-19/h1-12H,13-17H2/b12-11+. The molecule has 2 aromatic carbocycles. The van der Waals surface area contributed by atoms with Crippen LogP contribution in [0.4, 0.5) is 0 Å². The second-order valence-corrected chi connectivity index (χ2v) is 5.83. The summed E-state index contributed by atoms with van der Waals surface area (Å²) < 4.78 is 0. The van der Waals surface area contributed by atoms with Gasteiger partial charge >= 0.3 is 0 Å². The van der Waals surface area contributed by atoms with E-state index in [1.54, 1.807) is 6.08 Å². The summed E-state index contributed by atoms with van der Waals surface area (Å²) in [6.07, 6.45) is 3.57. The quantitative estimate of drug-likeness (QED) is 0.811. The Balaban J connectivity index is 1.48. The maximum atomic E-state index is 12.3. The summed E-state index contributed by atoms with van der Waals surface area (Å²) in [5.74, 6) is 0.105. The molecule has 23 heavy (non-hydrogen) atoms. The molecule has 1 heterocycles. The molecule has 0 unspecified atom stereocenters. The molecule has 0 bridgehead atoms. The Labute approximate surface area is 137 Å². The Hall–Kier alpha value is -2.39. The van der Waals surface area contributed by atoms with E-state index in [2.05, 4.69) is 29.2 Å². The number of carbonyl (C=O) groups is 1. The first-order valence-electron chi connectivity index (χ1n) is 8.09. The fraction of sp³-hybridized carbons (Fsp3) is 0.250. The summed E-state index contributed by atoms with van der Waals surface area (Å²) in [6.45, 7) is 4.41. The number of hydrogen-bond donors (Lipinski definition) is 0. The third-order valence-corrected chi connectivity index (χ3v) is 4.15. The molecule has 1 fully saturated rings. The predicted octanol–water partition coefficient (Wildman–Crippen LogP) is 3.04. The Kier molecular flexibility index (Phi) is 5.22. The van der Waals surface area contributed by atoms with Gasteiger partial charge in [0.25, 0.3) is 0 Å². The van der Waals surface area contributed by atoms with Crippen LogP contribution in [-0.2, 0) is 11.3 Å². The molecular weight excluding hydrogens is 284 g/mol. The second-order valence-electron chi connectivity index (χ2n) is 5.83. The lowest BCUT2D eigenvalue weighted by atomic mass is 10.2. The van der Waals surface area contributed by atoms with Crippen molar-refractivity contribution in [2.75, 3.05) is 26.2 Å². The number of amides is 1. The van der Waals surface area contributed by atoms with E-state index in [0.717, 1.165) is 38.3 Å². The first-order chi connectivity index (χ1) is 11.3. The van der Waals surface area contributed by atoms with Crippen LogP contribution in [0.2, 0.25) is 0 Å². The highest BCUT2D eigenvalue weighted by Gasteiger charge is 2.19. The number of hydrogen-bond acceptors (Lipinski definition) is 2. The Morgan fingerprint density at radius 3 is 2.13 bits per heavy atom. The van der Waals surface area contributed by atoms with Crippen LogP contribution in [0.15, 0.2) is 66.7 Å². The second kappa shape index (κ2) is 7.75. The molecule has 0 saturated carbocycles. The summed E-state index contributed by atoms with van der Waals surface area (Å²) in [5.41, 5.74) is 2.39. The maximum absolute atomic E-state index is 12.3. The van der Waals surface area contributed by atoms with Crippen molar-refractivity contribution in [1.29, 1.82) is 0 Å². The van der Waals surface area contributed by atoms with Crippen LogP contribution in [-0.4, -0.2) is 41.9 Å². The minimum Gasteiger partial charge on any atom is -0.337 e. The average molecular weight is 306 g/mol. The van der Waals surface area contributed by atoms with Crippen molar-refractivity contribution >= 4 is 12.0 Å². The number of carbonyl (C=O) groups excluding carboxylic acids is 1. The van der Waals surface area contributed by atoms with E-state index in [1.165, 1.54) is 5.56 Å². The SMILES string of the molecule is O=C(/C=C/c1ccccc1)N1CCN(Cc2ccccc2)CC1. The summed E-state index contributed by atoms with van der Waals surface area (Å²) in [4.78, 5) is 16.6. The van der Waals surface area contributed by atoms with Gasteiger partial charge < -0.3 is 4.90 Å². The topological polar surface area (TPSA) is 23.6 Å². The molecular formula is C20H22N2O. The maximum Gasteiger partial charge on any atom is 0.246 e. The molecule has 0 aliphatic carbocycles. The van der Waals surface area contributed by atoms with E-state index in [4.69, 9.17) is 0 Å². The molecule has 1 aliphatic heterocycles. The van der Waals surface area contributed by atoms with Crippen molar-refractivity contribution in [3.63, 3.8) is 0 Å². The van der Waals surface area contributed by atoms with Crippen LogP contribution in [0.3, 0.4) is 0 Å². The third-order valence-electron chi connectivity index (χ3n) is 4.15. The lowest BCUT2D eigenvalue weighted by Crippen LogP contribution is -2.47. The normalized spacial score (nSPS) is 15.9. The minimum absolute atomic E-state index is 0.105. The van der Waals surface area contributed by atoms with Crippen molar-refractivity contribution in [2.45, 2.75) is 6.54 Å². The highest BCUT2D eigenvalue weighted by Crippen LogP contribution is 2.09. The number of rotatable bonds is 4. The number of nitrogens with zero attached hydrogens (tertiary/aromatic N) is 2. The first-order valence-corrected chi connectivity index (χ1v) is 8.09. The summed E-state index contributed by atoms with van der Waals surface area (Å²) in [5, 5.41) is 0. The molecule has 1 saturated heterocycles. The van der Waals surface area contributed by atoms with Gasteiger partial charge in [0, 0.05) is 38.8 Å². The van der Waals surface area contributed by atoms with Gasteiger partial charge in [0.05, 0.1) is 0 Å². The van der Waals surface area contributed by atoms with Gasteiger partial charge in [0.1, 0.15) is 0 Å². The molecule has 3 heteroatoms. The van der Waals surface area contributed by atoms with Gasteiger partial charge in [-0.05, 0) is 17.2 Å². The van der Waals surface area contributed by atoms with Gasteiger partial charge in [0.15, 0.2) is 0 Å². The molecule has 1 amide bonds. The molecule has 3 nitrogen and oxygen atoms in total. The summed E-state index contributed by atoms with van der Waals surface area (Å²) >= 11 is 0. The lowest BCUT2D eigenvalue weighted by molar-refractivity contribution is -0.127. The molecule has 1 aliphatic rings. The molecule has 0 atom stereocenters. The van der Waals surface area contributed by atoms with Crippen molar-refractivity contribution in [1.82, 2.24) is 9.80 Å². The van der Waals surface area contributed by atoms with Crippen LogP contribution in [0.25, 0.3) is 6.08 Å². The number of piperazine rings is 1. The molecule has 118 valence electrons. The van der Waals surface area contributed by atoms with E-state index in [0.29, 0.717) is 0 Å². The third kappa shape index (κ3) is 4.54. The van der Waals surface area contributed by atoms with Gasteiger partial charge in [-0.3, -0.25) is 9.69 Å². The highest BCUT2D eigenvalue weighted by molar-refractivity contribution is 5.91.